The quantitative estimate of drug-likeness (QED) is 0.808. The van der Waals surface area contributed by atoms with Crippen LogP contribution in [0.15, 0.2) is 24.3 Å². The van der Waals surface area contributed by atoms with E-state index in [4.69, 9.17) is 4.74 Å². The van der Waals surface area contributed by atoms with Gasteiger partial charge in [0.25, 0.3) is 0 Å². The lowest BCUT2D eigenvalue weighted by Crippen LogP contribution is -2.51. The van der Waals surface area contributed by atoms with E-state index in [9.17, 15) is 9.59 Å². The zero-order chi connectivity index (χ0) is 18.5. The maximum atomic E-state index is 12.4. The molecular weight excluding hydrogens is 336 g/mol. The van der Waals surface area contributed by atoms with Crippen molar-refractivity contribution >= 4 is 12.0 Å². The van der Waals surface area contributed by atoms with Crippen molar-refractivity contribution in [2.75, 3.05) is 32.8 Å². The summed E-state index contributed by atoms with van der Waals surface area (Å²) in [6.07, 6.45) is -0.333. The third-order valence-corrected chi connectivity index (χ3v) is 4.20. The summed E-state index contributed by atoms with van der Waals surface area (Å²) in [6.45, 7) is 6.02. The minimum atomic E-state index is -0.333. The Hall–Kier alpha value is -2.97. The third kappa shape index (κ3) is 4.16. The van der Waals surface area contributed by atoms with E-state index < -0.39 is 0 Å². The van der Waals surface area contributed by atoms with E-state index in [0.29, 0.717) is 38.6 Å². The van der Waals surface area contributed by atoms with Gasteiger partial charge in [-0.25, -0.2) is 4.79 Å². The van der Waals surface area contributed by atoms with Crippen molar-refractivity contribution in [3.8, 4) is 11.4 Å². The van der Waals surface area contributed by atoms with Gasteiger partial charge >= 0.3 is 6.09 Å². The van der Waals surface area contributed by atoms with Gasteiger partial charge in [-0.2, -0.15) is 4.80 Å². The van der Waals surface area contributed by atoms with E-state index in [2.05, 4.69) is 15.4 Å². The van der Waals surface area contributed by atoms with Gasteiger partial charge in [0.2, 0.25) is 11.7 Å². The Kier molecular flexibility index (Phi) is 5.45. The molecule has 9 nitrogen and oxygen atoms in total. The summed E-state index contributed by atoms with van der Waals surface area (Å²) in [6, 6.07) is 7.80. The zero-order valence-corrected chi connectivity index (χ0v) is 15.0. The Morgan fingerprint density at radius 2 is 1.73 bits per heavy atom. The predicted molar refractivity (Wildman–Crippen MR) is 93.2 cm³/mol. The van der Waals surface area contributed by atoms with Gasteiger partial charge in [-0.3, -0.25) is 4.79 Å². The number of ether oxygens (including phenoxy) is 1. The Morgan fingerprint density at radius 1 is 1.08 bits per heavy atom. The summed E-state index contributed by atoms with van der Waals surface area (Å²) < 4.78 is 4.98. The largest absolute Gasteiger partial charge is 0.450 e. The summed E-state index contributed by atoms with van der Waals surface area (Å²) >= 11 is 0. The molecule has 2 amide bonds. The number of aryl methyl sites for hydroxylation is 1. The van der Waals surface area contributed by atoms with Gasteiger partial charge in [0.1, 0.15) is 6.54 Å². The molecule has 2 heterocycles. The molecule has 2 aromatic rings. The standard InChI is InChI=1S/C17H22N6O3/c1-3-26-17(25)22-10-8-21(9-11-22)15(24)12-23-19-16(18-20-23)14-6-4-13(2)5-7-14/h4-7H,3,8-12H2,1-2H3. The molecule has 0 saturated carbocycles. The van der Waals surface area contributed by atoms with Crippen molar-refractivity contribution in [1.29, 1.82) is 0 Å². The Bertz CT molecular complexity index is 765. The summed E-state index contributed by atoms with van der Waals surface area (Å²) in [7, 11) is 0. The van der Waals surface area contributed by atoms with Crippen molar-refractivity contribution in [2.45, 2.75) is 20.4 Å². The van der Waals surface area contributed by atoms with Crippen LogP contribution in [0.5, 0.6) is 0 Å². The molecule has 0 bridgehead atoms. The molecule has 0 unspecified atom stereocenters. The molecule has 0 N–H and O–H groups in total. The molecular formula is C17H22N6O3. The van der Waals surface area contributed by atoms with Gasteiger partial charge in [-0.1, -0.05) is 29.8 Å². The summed E-state index contributed by atoms with van der Waals surface area (Å²) in [5, 5.41) is 12.2. The van der Waals surface area contributed by atoms with E-state index in [1.54, 1.807) is 16.7 Å². The number of carbonyl (C=O) groups is 2. The summed E-state index contributed by atoms with van der Waals surface area (Å²) in [4.78, 5) is 28.7. The lowest BCUT2D eigenvalue weighted by atomic mass is 10.1. The fourth-order valence-corrected chi connectivity index (χ4v) is 2.70. The van der Waals surface area contributed by atoms with E-state index in [0.717, 1.165) is 11.1 Å². The maximum Gasteiger partial charge on any atom is 0.409 e. The molecule has 1 aromatic heterocycles. The topological polar surface area (TPSA) is 93.5 Å². The van der Waals surface area contributed by atoms with Gasteiger partial charge in [-0.15, -0.1) is 10.2 Å². The molecule has 1 saturated heterocycles. The number of piperazine rings is 1. The molecule has 1 fully saturated rings. The SMILES string of the molecule is CCOC(=O)N1CCN(C(=O)Cn2nnc(-c3ccc(C)cc3)n2)CC1. The van der Waals surface area contributed by atoms with Crippen LogP contribution in [0, 0.1) is 6.92 Å². The molecule has 1 aliphatic heterocycles. The van der Waals surface area contributed by atoms with Crippen molar-refractivity contribution in [3.63, 3.8) is 0 Å². The van der Waals surface area contributed by atoms with Gasteiger partial charge in [-0.05, 0) is 19.1 Å². The first-order valence-electron chi connectivity index (χ1n) is 8.61. The molecule has 26 heavy (non-hydrogen) atoms. The number of rotatable bonds is 4. The molecule has 0 atom stereocenters. The van der Waals surface area contributed by atoms with Crippen LogP contribution in [0.1, 0.15) is 12.5 Å². The molecule has 0 spiro atoms. The number of amides is 2. The Labute approximate surface area is 151 Å². The molecule has 9 heteroatoms. The van der Waals surface area contributed by atoms with Crippen molar-refractivity contribution in [3.05, 3.63) is 29.8 Å². The van der Waals surface area contributed by atoms with Crippen LogP contribution < -0.4 is 0 Å². The van der Waals surface area contributed by atoms with Gasteiger partial charge in [0.15, 0.2) is 0 Å². The Morgan fingerprint density at radius 3 is 2.38 bits per heavy atom. The third-order valence-electron chi connectivity index (χ3n) is 4.20. The number of hydrogen-bond donors (Lipinski definition) is 0. The molecule has 0 radical (unpaired) electrons. The van der Waals surface area contributed by atoms with E-state index in [-0.39, 0.29) is 18.5 Å². The van der Waals surface area contributed by atoms with E-state index >= 15 is 0 Å². The van der Waals surface area contributed by atoms with Crippen LogP contribution in [0.3, 0.4) is 0 Å². The van der Waals surface area contributed by atoms with E-state index in [1.165, 1.54) is 4.80 Å². The highest BCUT2D eigenvalue weighted by Gasteiger charge is 2.25. The van der Waals surface area contributed by atoms with Crippen molar-refractivity contribution < 1.29 is 14.3 Å². The van der Waals surface area contributed by atoms with Crippen LogP contribution in [0.25, 0.3) is 11.4 Å². The first-order chi connectivity index (χ1) is 12.6. The number of nitrogens with zero attached hydrogens (tertiary/aromatic N) is 6. The number of tetrazole rings is 1. The average molecular weight is 358 g/mol. The van der Waals surface area contributed by atoms with Gasteiger partial charge < -0.3 is 14.5 Å². The van der Waals surface area contributed by atoms with Crippen LogP contribution in [0.2, 0.25) is 0 Å². The average Bonchev–Trinajstić information content (AvgIpc) is 3.11. The highest BCUT2D eigenvalue weighted by molar-refractivity contribution is 5.76. The predicted octanol–water partition coefficient (Wildman–Crippen LogP) is 0.949. The number of benzene rings is 1. The zero-order valence-electron chi connectivity index (χ0n) is 15.0. The summed E-state index contributed by atoms with van der Waals surface area (Å²) in [5.41, 5.74) is 2.01. The normalized spacial score (nSPS) is 14.4. The first-order valence-corrected chi connectivity index (χ1v) is 8.61. The van der Waals surface area contributed by atoms with Crippen LogP contribution >= 0.6 is 0 Å². The van der Waals surface area contributed by atoms with Crippen LogP contribution in [-0.2, 0) is 16.1 Å². The summed E-state index contributed by atoms with van der Waals surface area (Å²) in [5.74, 6) is 0.395. The second kappa shape index (κ2) is 7.94. The molecule has 1 aromatic carbocycles. The highest BCUT2D eigenvalue weighted by atomic mass is 16.6. The molecule has 138 valence electrons. The number of carbonyl (C=O) groups excluding carboxylic acids is 2. The lowest BCUT2D eigenvalue weighted by Gasteiger charge is -2.33. The first kappa shape index (κ1) is 17.8. The monoisotopic (exact) mass is 358 g/mol. The van der Waals surface area contributed by atoms with E-state index in [1.807, 2.05) is 31.2 Å². The fraction of sp³-hybridized carbons (Fsp3) is 0.471. The number of hydrogen-bond acceptors (Lipinski definition) is 6. The smallest absolute Gasteiger partial charge is 0.409 e. The molecule has 0 aliphatic carbocycles. The highest BCUT2D eigenvalue weighted by Crippen LogP contribution is 2.14. The van der Waals surface area contributed by atoms with Gasteiger partial charge in [0, 0.05) is 31.7 Å². The Balaban J connectivity index is 1.54. The maximum absolute atomic E-state index is 12.4. The second-order valence-corrected chi connectivity index (χ2v) is 6.08. The molecule has 1 aliphatic rings. The minimum Gasteiger partial charge on any atom is -0.450 e. The van der Waals surface area contributed by atoms with Crippen molar-refractivity contribution in [2.24, 2.45) is 0 Å². The van der Waals surface area contributed by atoms with Gasteiger partial charge in [0.05, 0.1) is 6.61 Å². The minimum absolute atomic E-state index is 0.0261. The van der Waals surface area contributed by atoms with Crippen molar-refractivity contribution in [1.82, 2.24) is 30.0 Å². The lowest BCUT2D eigenvalue weighted by molar-refractivity contribution is -0.133. The second-order valence-electron chi connectivity index (χ2n) is 6.08. The van der Waals surface area contributed by atoms with Crippen LogP contribution in [-0.4, -0.2) is 74.8 Å². The number of aromatic nitrogens is 4. The molecule has 3 rings (SSSR count). The fourth-order valence-electron chi connectivity index (χ4n) is 2.70. The van der Waals surface area contributed by atoms with Crippen LogP contribution in [0.4, 0.5) is 4.79 Å².